The summed E-state index contributed by atoms with van der Waals surface area (Å²) < 4.78 is 0. The maximum Gasteiger partial charge on any atom is 0.0822 e. The van der Waals surface area contributed by atoms with Gasteiger partial charge in [-0.2, -0.15) is 0 Å². The molecule has 0 aliphatic carbocycles. The highest BCUT2D eigenvalue weighted by Crippen LogP contribution is 2.03. The van der Waals surface area contributed by atoms with Gasteiger partial charge in [0.15, 0.2) is 0 Å². The van der Waals surface area contributed by atoms with Crippen molar-refractivity contribution in [3.8, 4) is 0 Å². The Bertz CT molecular complexity index is 86.9. The van der Waals surface area contributed by atoms with Gasteiger partial charge in [-0.3, -0.25) is 0 Å². The van der Waals surface area contributed by atoms with Crippen LogP contribution < -0.4 is 0 Å². The fourth-order valence-electron chi connectivity index (χ4n) is 1.00. The maximum atomic E-state index is 10.1. The first-order chi connectivity index (χ1) is 5.41. The van der Waals surface area contributed by atoms with Gasteiger partial charge >= 0.3 is 0 Å². The van der Waals surface area contributed by atoms with Gasteiger partial charge in [0.1, 0.15) is 0 Å². The normalized spacial score (nSPS) is 11.1. The van der Waals surface area contributed by atoms with Gasteiger partial charge in [-0.1, -0.05) is 31.9 Å². The lowest BCUT2D eigenvalue weighted by Crippen LogP contribution is -1.80. The monoisotopic (exact) mass is 155 g/mol. The summed E-state index contributed by atoms with van der Waals surface area (Å²) in [6, 6.07) is 0. The highest BCUT2D eigenvalue weighted by atomic mass is 16.2. The molecule has 0 aromatic carbocycles. The van der Waals surface area contributed by atoms with Gasteiger partial charge < -0.3 is 0 Å². The largest absolute Gasteiger partial charge is 0.237 e. The summed E-state index contributed by atoms with van der Waals surface area (Å²) in [6.45, 7) is 2.25. The van der Waals surface area contributed by atoms with Crippen molar-refractivity contribution in [1.29, 1.82) is 0 Å². The third-order valence-electron chi connectivity index (χ3n) is 1.67. The first-order valence-corrected chi connectivity index (χ1v) is 4.65. The van der Waals surface area contributed by atoms with E-state index < -0.39 is 0 Å². The number of hydrogen-bond donors (Lipinski definition) is 0. The van der Waals surface area contributed by atoms with Gasteiger partial charge in [-0.25, -0.2) is 5.11 Å². The number of allylic oxidation sites excluding steroid dienone is 2. The molecule has 11 heavy (non-hydrogen) atoms. The molecule has 0 bridgehead atoms. The minimum absolute atomic E-state index is 0.102. The molecule has 0 saturated carbocycles. The molecule has 1 nitrogen and oxygen atoms in total. The van der Waals surface area contributed by atoms with Crippen LogP contribution in [0.1, 0.15) is 45.4 Å². The van der Waals surface area contributed by atoms with E-state index >= 15 is 0 Å². The van der Waals surface area contributed by atoms with E-state index in [1.807, 2.05) is 0 Å². The van der Waals surface area contributed by atoms with Gasteiger partial charge in [0.05, 0.1) is 6.61 Å². The summed E-state index contributed by atoms with van der Waals surface area (Å²) in [7, 11) is 0. The molecule has 0 spiro atoms. The van der Waals surface area contributed by atoms with E-state index in [1.54, 1.807) is 0 Å². The fourth-order valence-corrected chi connectivity index (χ4v) is 1.00. The van der Waals surface area contributed by atoms with Crippen LogP contribution in [-0.2, 0) is 5.11 Å². The first kappa shape index (κ1) is 10.7. The zero-order chi connectivity index (χ0) is 8.36. The van der Waals surface area contributed by atoms with Crippen LogP contribution in [0.4, 0.5) is 0 Å². The van der Waals surface area contributed by atoms with Gasteiger partial charge in [-0.05, 0) is 25.7 Å². The number of hydrogen-bond acceptors (Lipinski definition) is 0. The number of unbranched alkanes of at least 4 members (excludes halogenated alkanes) is 4. The van der Waals surface area contributed by atoms with Crippen LogP contribution >= 0.6 is 0 Å². The van der Waals surface area contributed by atoms with Crippen LogP contribution in [0.5, 0.6) is 0 Å². The summed E-state index contributed by atoms with van der Waals surface area (Å²) in [5, 5.41) is 10.1. The molecule has 0 amide bonds. The Balaban J connectivity index is 2.85. The lowest BCUT2D eigenvalue weighted by molar-refractivity contribution is 0.186. The standard InChI is InChI=1S/C10H19O/c1-2-3-4-5-6-7-8-9-10-11/h3-4H,2,5-10H2,1H3/b4-3+. The van der Waals surface area contributed by atoms with E-state index in [0.717, 1.165) is 19.3 Å². The molecule has 1 radical (unpaired) electrons. The van der Waals surface area contributed by atoms with E-state index in [4.69, 9.17) is 0 Å². The van der Waals surface area contributed by atoms with Gasteiger partial charge in [-0.15, -0.1) is 0 Å². The molecule has 0 atom stereocenters. The molecular formula is C10H19O. The molecule has 0 unspecified atom stereocenters. The van der Waals surface area contributed by atoms with Crippen molar-refractivity contribution in [3.63, 3.8) is 0 Å². The maximum absolute atomic E-state index is 10.1. The lowest BCUT2D eigenvalue weighted by atomic mass is 10.1. The summed E-state index contributed by atoms with van der Waals surface area (Å²) >= 11 is 0. The molecule has 0 N–H and O–H groups in total. The predicted octanol–water partition coefficient (Wildman–Crippen LogP) is 3.33. The van der Waals surface area contributed by atoms with Crippen LogP contribution in [0.15, 0.2) is 12.2 Å². The Hall–Kier alpha value is -0.300. The lowest BCUT2D eigenvalue weighted by Gasteiger charge is -1.94. The van der Waals surface area contributed by atoms with Crippen LogP contribution in [0.3, 0.4) is 0 Å². The summed E-state index contributed by atoms with van der Waals surface area (Å²) in [5.41, 5.74) is 0. The van der Waals surface area contributed by atoms with E-state index in [0.29, 0.717) is 0 Å². The molecule has 0 aromatic rings. The Morgan fingerprint density at radius 1 is 1.00 bits per heavy atom. The molecule has 0 rings (SSSR count). The van der Waals surface area contributed by atoms with E-state index in [2.05, 4.69) is 19.1 Å². The molecule has 0 fully saturated rings. The molecule has 0 aromatic heterocycles. The van der Waals surface area contributed by atoms with Crippen molar-refractivity contribution < 1.29 is 5.11 Å². The molecule has 0 saturated heterocycles. The summed E-state index contributed by atoms with van der Waals surface area (Å²) in [5.74, 6) is 0. The molecule has 0 aliphatic heterocycles. The molecular weight excluding hydrogens is 136 g/mol. The third-order valence-corrected chi connectivity index (χ3v) is 1.67. The molecule has 0 aliphatic rings. The van der Waals surface area contributed by atoms with E-state index in [1.165, 1.54) is 19.3 Å². The Morgan fingerprint density at radius 3 is 2.36 bits per heavy atom. The molecule has 65 valence electrons. The second-order valence-corrected chi connectivity index (χ2v) is 2.79. The van der Waals surface area contributed by atoms with Crippen LogP contribution in [0.25, 0.3) is 0 Å². The van der Waals surface area contributed by atoms with Crippen molar-refractivity contribution in [1.82, 2.24) is 0 Å². The smallest absolute Gasteiger partial charge is 0.0822 e. The SMILES string of the molecule is CC/C=C/CCCCCC[O]. The van der Waals surface area contributed by atoms with Crippen molar-refractivity contribution in [2.75, 3.05) is 6.61 Å². The minimum atomic E-state index is 0.102. The fraction of sp³-hybridized carbons (Fsp3) is 0.800. The van der Waals surface area contributed by atoms with Crippen molar-refractivity contribution in [3.05, 3.63) is 12.2 Å². The van der Waals surface area contributed by atoms with Gasteiger partial charge in [0, 0.05) is 0 Å². The Morgan fingerprint density at radius 2 is 1.73 bits per heavy atom. The second kappa shape index (κ2) is 9.70. The van der Waals surface area contributed by atoms with Crippen molar-refractivity contribution in [2.24, 2.45) is 0 Å². The first-order valence-electron chi connectivity index (χ1n) is 4.65. The van der Waals surface area contributed by atoms with Crippen molar-refractivity contribution in [2.45, 2.75) is 45.4 Å². The van der Waals surface area contributed by atoms with Crippen molar-refractivity contribution >= 4 is 0 Å². The second-order valence-electron chi connectivity index (χ2n) is 2.79. The van der Waals surface area contributed by atoms with Crippen LogP contribution in [-0.4, -0.2) is 6.61 Å². The Kier molecular flexibility index (Phi) is 9.44. The summed E-state index contributed by atoms with van der Waals surface area (Å²) in [4.78, 5) is 0. The van der Waals surface area contributed by atoms with Crippen LogP contribution in [0, 0.1) is 0 Å². The predicted molar refractivity (Wildman–Crippen MR) is 48.1 cm³/mol. The quantitative estimate of drug-likeness (QED) is 0.397. The summed E-state index contributed by atoms with van der Waals surface area (Å²) in [6.07, 6.45) is 11.2. The highest BCUT2D eigenvalue weighted by Gasteiger charge is 1.86. The van der Waals surface area contributed by atoms with Gasteiger partial charge in [0.25, 0.3) is 0 Å². The third kappa shape index (κ3) is 9.70. The van der Waals surface area contributed by atoms with Gasteiger partial charge in [0.2, 0.25) is 0 Å². The average molecular weight is 155 g/mol. The zero-order valence-electron chi connectivity index (χ0n) is 7.51. The van der Waals surface area contributed by atoms with Crippen LogP contribution in [0.2, 0.25) is 0 Å². The minimum Gasteiger partial charge on any atom is -0.237 e. The van der Waals surface area contributed by atoms with E-state index in [9.17, 15) is 5.11 Å². The van der Waals surface area contributed by atoms with E-state index in [-0.39, 0.29) is 6.61 Å². The molecule has 0 heterocycles. The Labute approximate surface area is 70.1 Å². The molecule has 1 heteroatoms. The topological polar surface area (TPSA) is 19.9 Å². The highest BCUT2D eigenvalue weighted by molar-refractivity contribution is 4.79. The number of rotatable bonds is 7. The average Bonchev–Trinajstić information content (AvgIpc) is 2.03. The zero-order valence-corrected chi connectivity index (χ0v) is 7.51.